The van der Waals surface area contributed by atoms with Gasteiger partial charge in [0.05, 0.1) is 11.1 Å². The van der Waals surface area contributed by atoms with Gasteiger partial charge in [-0.15, -0.1) is 0 Å². The number of carbonyl (C=O) groups is 1. The molecule has 1 saturated heterocycles. The lowest BCUT2D eigenvalue weighted by Gasteiger charge is -2.34. The van der Waals surface area contributed by atoms with Gasteiger partial charge in [0.1, 0.15) is 0 Å². The van der Waals surface area contributed by atoms with Crippen molar-refractivity contribution in [2.24, 2.45) is 0 Å². The molecule has 1 aromatic rings. The number of alkyl halides is 3. The fourth-order valence-electron chi connectivity index (χ4n) is 2.67. The van der Waals surface area contributed by atoms with Gasteiger partial charge in [-0.1, -0.05) is 0 Å². The summed E-state index contributed by atoms with van der Waals surface area (Å²) >= 11 is 0. The molecule has 1 aliphatic rings. The molecule has 1 unspecified atom stereocenters. The Morgan fingerprint density at radius 3 is 2.62 bits per heavy atom. The molecule has 0 saturated carbocycles. The van der Waals surface area contributed by atoms with E-state index in [1.54, 1.807) is 11.9 Å². The number of halogens is 3. The molecule has 1 aromatic carbocycles. The van der Waals surface area contributed by atoms with E-state index < -0.39 is 11.7 Å². The molecule has 2 rings (SSSR count). The first-order valence-electron chi connectivity index (χ1n) is 7.04. The van der Waals surface area contributed by atoms with Gasteiger partial charge in [-0.25, -0.2) is 0 Å². The van der Waals surface area contributed by atoms with Crippen LogP contribution >= 0.6 is 0 Å². The molecule has 6 heteroatoms. The number of hydrogen-bond donors (Lipinski definition) is 1. The van der Waals surface area contributed by atoms with E-state index in [9.17, 15) is 18.0 Å². The second kappa shape index (κ2) is 5.95. The van der Waals surface area contributed by atoms with Gasteiger partial charge in [-0.05, 0) is 44.4 Å². The fourth-order valence-corrected chi connectivity index (χ4v) is 2.67. The lowest BCUT2D eigenvalue weighted by molar-refractivity contribution is -0.137. The molecule has 21 heavy (non-hydrogen) atoms. The molecular weight excluding hydrogens is 281 g/mol. The van der Waals surface area contributed by atoms with Gasteiger partial charge in [0, 0.05) is 25.3 Å². The van der Waals surface area contributed by atoms with Crippen LogP contribution in [0.2, 0.25) is 0 Å². The molecule has 0 spiro atoms. The van der Waals surface area contributed by atoms with Crippen molar-refractivity contribution in [3.05, 3.63) is 29.3 Å². The van der Waals surface area contributed by atoms with Crippen LogP contribution in [-0.2, 0) is 6.18 Å². The molecule has 116 valence electrons. The minimum absolute atomic E-state index is 0.0606. The van der Waals surface area contributed by atoms with E-state index in [0.29, 0.717) is 12.2 Å². The molecule has 1 aliphatic heterocycles. The number of carbonyl (C=O) groups excluding carboxylic acids is 1. The molecule has 0 radical (unpaired) electrons. The van der Waals surface area contributed by atoms with Crippen LogP contribution in [-0.4, -0.2) is 30.4 Å². The number of amides is 1. The van der Waals surface area contributed by atoms with Crippen LogP contribution in [0, 0.1) is 0 Å². The topological polar surface area (TPSA) is 32.3 Å². The molecule has 1 amide bonds. The summed E-state index contributed by atoms with van der Waals surface area (Å²) in [7, 11) is 1.60. The largest absolute Gasteiger partial charge is 0.416 e. The van der Waals surface area contributed by atoms with Crippen molar-refractivity contribution < 1.29 is 18.0 Å². The Morgan fingerprint density at radius 1 is 1.33 bits per heavy atom. The molecule has 0 aliphatic carbocycles. The Hall–Kier alpha value is -1.72. The maximum Gasteiger partial charge on any atom is 0.416 e. The fraction of sp³-hybridized carbons (Fsp3) is 0.533. The summed E-state index contributed by atoms with van der Waals surface area (Å²) in [6.07, 6.45) is -1.62. The molecule has 1 heterocycles. The van der Waals surface area contributed by atoms with Gasteiger partial charge >= 0.3 is 6.18 Å². The maximum absolute atomic E-state index is 12.8. The van der Waals surface area contributed by atoms with Crippen LogP contribution in [0.25, 0.3) is 0 Å². The minimum Gasteiger partial charge on any atom is -0.387 e. The molecule has 1 N–H and O–H groups in total. The zero-order valence-electron chi connectivity index (χ0n) is 12.1. The summed E-state index contributed by atoms with van der Waals surface area (Å²) in [5.74, 6) is -0.336. The van der Waals surface area contributed by atoms with Crippen molar-refractivity contribution in [2.45, 2.75) is 38.4 Å². The van der Waals surface area contributed by atoms with Crippen LogP contribution < -0.4 is 5.32 Å². The molecular formula is C15H19F3N2O. The van der Waals surface area contributed by atoms with E-state index in [2.05, 4.69) is 5.32 Å². The highest BCUT2D eigenvalue weighted by Crippen LogP contribution is 2.33. The average molecular weight is 300 g/mol. The van der Waals surface area contributed by atoms with E-state index in [1.165, 1.54) is 6.07 Å². The minimum atomic E-state index is -4.45. The zero-order chi connectivity index (χ0) is 15.6. The van der Waals surface area contributed by atoms with Crippen molar-refractivity contribution in [1.82, 2.24) is 4.90 Å². The number of piperidine rings is 1. The highest BCUT2D eigenvalue weighted by atomic mass is 19.4. The van der Waals surface area contributed by atoms with Crippen molar-refractivity contribution >= 4 is 11.6 Å². The number of hydrogen-bond acceptors (Lipinski definition) is 2. The first kappa shape index (κ1) is 15.7. The highest BCUT2D eigenvalue weighted by molar-refractivity contribution is 6.00. The van der Waals surface area contributed by atoms with E-state index in [4.69, 9.17) is 0 Å². The molecule has 1 fully saturated rings. The van der Waals surface area contributed by atoms with Gasteiger partial charge in [-0.2, -0.15) is 13.2 Å². The van der Waals surface area contributed by atoms with Crippen molar-refractivity contribution in [3.8, 4) is 0 Å². The van der Waals surface area contributed by atoms with E-state index in [1.807, 2.05) is 6.92 Å². The Kier molecular flexibility index (Phi) is 4.44. The third-order valence-electron chi connectivity index (χ3n) is 3.91. The molecule has 3 nitrogen and oxygen atoms in total. The van der Waals surface area contributed by atoms with Crippen molar-refractivity contribution in [2.75, 3.05) is 18.9 Å². The normalized spacial score (nSPS) is 19.5. The van der Waals surface area contributed by atoms with Crippen LogP contribution in [0.15, 0.2) is 18.2 Å². The number of nitrogens with zero attached hydrogens (tertiary/aromatic N) is 1. The monoisotopic (exact) mass is 300 g/mol. The Morgan fingerprint density at radius 2 is 2.05 bits per heavy atom. The SMILES string of the molecule is CNc1ccc(C(F)(F)F)cc1C(=O)N1CCCCC1C. The van der Waals surface area contributed by atoms with Gasteiger partial charge in [0.25, 0.3) is 5.91 Å². The Bertz CT molecular complexity index is 528. The van der Waals surface area contributed by atoms with Crippen LogP contribution in [0.3, 0.4) is 0 Å². The predicted octanol–water partition coefficient (Wildman–Crippen LogP) is 3.76. The summed E-state index contributed by atoms with van der Waals surface area (Å²) in [5.41, 5.74) is -0.290. The molecule has 1 atom stereocenters. The number of nitrogens with one attached hydrogen (secondary N) is 1. The van der Waals surface area contributed by atoms with Crippen molar-refractivity contribution in [3.63, 3.8) is 0 Å². The summed E-state index contributed by atoms with van der Waals surface area (Å²) in [5, 5.41) is 2.79. The van der Waals surface area contributed by atoms with Crippen molar-refractivity contribution in [1.29, 1.82) is 0 Å². The lowest BCUT2D eigenvalue weighted by atomic mass is 10.0. The third-order valence-corrected chi connectivity index (χ3v) is 3.91. The lowest BCUT2D eigenvalue weighted by Crippen LogP contribution is -2.42. The zero-order valence-corrected chi connectivity index (χ0v) is 12.1. The standard InChI is InChI=1S/C15H19F3N2O/c1-10-5-3-4-8-20(10)14(21)12-9-11(15(16,17)18)6-7-13(12)19-2/h6-7,9-10,19H,3-5,8H2,1-2H3. The van der Waals surface area contributed by atoms with E-state index in [0.717, 1.165) is 31.4 Å². The number of likely N-dealkylation sites (tertiary alicyclic amines) is 1. The Balaban J connectivity index is 2.38. The second-order valence-corrected chi connectivity index (χ2v) is 5.35. The van der Waals surface area contributed by atoms with Crippen LogP contribution in [0.5, 0.6) is 0 Å². The summed E-state index contributed by atoms with van der Waals surface area (Å²) in [4.78, 5) is 14.3. The Labute approximate surface area is 122 Å². The predicted molar refractivity (Wildman–Crippen MR) is 75.3 cm³/mol. The summed E-state index contributed by atoms with van der Waals surface area (Å²) < 4.78 is 38.5. The number of anilines is 1. The van der Waals surface area contributed by atoms with E-state index >= 15 is 0 Å². The van der Waals surface area contributed by atoms with Gasteiger partial charge < -0.3 is 10.2 Å². The average Bonchev–Trinajstić information content (AvgIpc) is 2.45. The second-order valence-electron chi connectivity index (χ2n) is 5.35. The smallest absolute Gasteiger partial charge is 0.387 e. The number of benzene rings is 1. The van der Waals surface area contributed by atoms with Gasteiger partial charge in [0.2, 0.25) is 0 Å². The van der Waals surface area contributed by atoms with Crippen LogP contribution in [0.1, 0.15) is 42.1 Å². The molecule has 0 bridgehead atoms. The number of rotatable bonds is 2. The first-order chi connectivity index (χ1) is 9.84. The third kappa shape index (κ3) is 3.31. The highest BCUT2D eigenvalue weighted by Gasteiger charge is 2.33. The maximum atomic E-state index is 12.8. The summed E-state index contributed by atoms with van der Waals surface area (Å²) in [6.45, 7) is 2.53. The van der Waals surface area contributed by atoms with Gasteiger partial charge in [-0.3, -0.25) is 4.79 Å². The quantitative estimate of drug-likeness (QED) is 0.902. The van der Waals surface area contributed by atoms with Crippen LogP contribution in [0.4, 0.5) is 18.9 Å². The first-order valence-corrected chi connectivity index (χ1v) is 7.04. The van der Waals surface area contributed by atoms with E-state index in [-0.39, 0.29) is 17.5 Å². The molecule has 0 aromatic heterocycles. The summed E-state index contributed by atoms with van der Waals surface area (Å²) in [6, 6.07) is 3.30. The van der Waals surface area contributed by atoms with Gasteiger partial charge in [0.15, 0.2) is 0 Å².